The Morgan fingerprint density at radius 1 is 1.17 bits per heavy atom. The fourth-order valence-electron chi connectivity index (χ4n) is 4.06. The largest absolute Gasteiger partial charge is 0.367 e. The first-order valence-corrected chi connectivity index (χ1v) is 10.4. The number of hydrogen-bond donors (Lipinski definition) is 1. The van der Waals surface area contributed by atoms with Crippen molar-refractivity contribution in [3.05, 3.63) is 53.6 Å². The number of carbonyl (C=O) groups is 1. The van der Waals surface area contributed by atoms with Crippen LogP contribution in [0, 0.1) is 11.6 Å². The molecule has 0 bridgehead atoms. The van der Waals surface area contributed by atoms with Gasteiger partial charge >= 0.3 is 0 Å². The second-order valence-corrected chi connectivity index (χ2v) is 7.89. The van der Waals surface area contributed by atoms with E-state index in [1.165, 1.54) is 30.5 Å². The van der Waals surface area contributed by atoms with Gasteiger partial charge in [-0.15, -0.1) is 0 Å². The Hall–Kier alpha value is -2.80. The second-order valence-electron chi connectivity index (χ2n) is 7.89. The zero-order valence-electron chi connectivity index (χ0n) is 17.2. The maximum Gasteiger partial charge on any atom is 0.237 e. The number of halogens is 2. The summed E-state index contributed by atoms with van der Waals surface area (Å²) in [6.45, 7) is 7.81. The minimum absolute atomic E-state index is 0.268. The fourth-order valence-corrected chi connectivity index (χ4v) is 4.06. The molecule has 2 aromatic carbocycles. The molecule has 4 rings (SSSR count). The fraction of sp³-hybridized carbons (Fsp3) is 0.391. The van der Waals surface area contributed by atoms with Crippen LogP contribution in [0.25, 0.3) is 0 Å². The lowest BCUT2D eigenvalue weighted by atomic mass is 10.0. The van der Waals surface area contributed by atoms with E-state index < -0.39 is 11.7 Å². The van der Waals surface area contributed by atoms with Crippen LogP contribution in [-0.2, 0) is 4.79 Å². The molecule has 2 aromatic rings. The van der Waals surface area contributed by atoms with Gasteiger partial charge in [0.2, 0.25) is 5.91 Å². The first-order valence-electron chi connectivity index (χ1n) is 10.4. The van der Waals surface area contributed by atoms with Gasteiger partial charge in [0.1, 0.15) is 17.6 Å². The molecular weight excluding hydrogens is 386 g/mol. The van der Waals surface area contributed by atoms with Gasteiger partial charge in [-0.1, -0.05) is 6.92 Å². The summed E-state index contributed by atoms with van der Waals surface area (Å²) in [7, 11) is 0. The van der Waals surface area contributed by atoms with E-state index in [0.717, 1.165) is 32.6 Å². The van der Waals surface area contributed by atoms with Gasteiger partial charge in [0.05, 0.1) is 11.4 Å². The van der Waals surface area contributed by atoms with Gasteiger partial charge < -0.3 is 10.2 Å². The minimum atomic E-state index is -0.688. The van der Waals surface area contributed by atoms with Crippen molar-refractivity contribution in [2.24, 2.45) is 4.99 Å². The van der Waals surface area contributed by atoms with Gasteiger partial charge in [-0.2, -0.15) is 0 Å². The highest BCUT2D eigenvalue weighted by molar-refractivity contribution is 6.12. The third-order valence-corrected chi connectivity index (χ3v) is 6.06. The van der Waals surface area contributed by atoms with E-state index in [-0.39, 0.29) is 11.7 Å². The lowest BCUT2D eigenvalue weighted by Gasteiger charge is -2.39. The van der Waals surface area contributed by atoms with Crippen LogP contribution in [0.2, 0.25) is 0 Å². The quantitative estimate of drug-likeness (QED) is 0.744. The lowest BCUT2D eigenvalue weighted by Crippen LogP contribution is -2.49. The molecule has 2 aliphatic heterocycles. The van der Waals surface area contributed by atoms with Crippen LogP contribution in [0.15, 0.2) is 41.4 Å². The molecular formula is C23H26F2N4O. The van der Waals surface area contributed by atoms with E-state index in [1.807, 2.05) is 0 Å². The standard InChI is InChI=1S/C23H26F2N4O/c1-3-15(2)28-8-10-29(11-9-28)22-7-5-17(13-20(22)25)26-14-19-18-12-16(24)4-6-21(18)27-23(19)30/h4-7,12-15,19H,3,8-11H2,1-2H3,(H,27,30). The number of piperazine rings is 1. The van der Waals surface area contributed by atoms with E-state index >= 15 is 0 Å². The summed E-state index contributed by atoms with van der Waals surface area (Å²) in [6, 6.07) is 9.57. The van der Waals surface area contributed by atoms with Crippen molar-refractivity contribution in [2.45, 2.75) is 32.2 Å². The summed E-state index contributed by atoms with van der Waals surface area (Å²) in [5.41, 5.74) is 2.12. The molecule has 7 heteroatoms. The second kappa shape index (κ2) is 8.52. The van der Waals surface area contributed by atoms with Gasteiger partial charge in [-0.05, 0) is 49.2 Å². The van der Waals surface area contributed by atoms with Crippen molar-refractivity contribution < 1.29 is 13.6 Å². The smallest absolute Gasteiger partial charge is 0.237 e. The SMILES string of the molecule is CCC(C)N1CCN(c2ccc(N=CC3C(=O)Nc4ccc(F)cc43)cc2F)CC1. The summed E-state index contributed by atoms with van der Waals surface area (Å²) in [4.78, 5) is 21.0. The highest BCUT2D eigenvalue weighted by Gasteiger charge is 2.29. The molecule has 158 valence electrons. The van der Waals surface area contributed by atoms with Gasteiger partial charge in [-0.3, -0.25) is 14.7 Å². The number of benzene rings is 2. The third-order valence-electron chi connectivity index (χ3n) is 6.06. The van der Waals surface area contributed by atoms with Crippen molar-refractivity contribution in [2.75, 3.05) is 36.4 Å². The minimum Gasteiger partial charge on any atom is -0.367 e. The highest BCUT2D eigenvalue weighted by atomic mass is 19.1. The zero-order chi connectivity index (χ0) is 21.3. The Bertz CT molecular complexity index is 970. The van der Waals surface area contributed by atoms with Crippen LogP contribution in [0.4, 0.5) is 25.8 Å². The van der Waals surface area contributed by atoms with Crippen molar-refractivity contribution in [1.29, 1.82) is 0 Å². The van der Waals surface area contributed by atoms with Gasteiger partial charge in [0.25, 0.3) is 0 Å². The predicted octanol–water partition coefficient (Wildman–Crippen LogP) is 4.32. The number of aliphatic imine (C=N–C) groups is 1. The summed E-state index contributed by atoms with van der Waals surface area (Å²) in [5, 5.41) is 2.71. The molecule has 0 aromatic heterocycles. The summed E-state index contributed by atoms with van der Waals surface area (Å²) in [6.07, 6.45) is 2.55. The predicted molar refractivity (Wildman–Crippen MR) is 116 cm³/mol. The average Bonchev–Trinajstić information content (AvgIpc) is 3.06. The maximum atomic E-state index is 14.8. The molecule has 2 atom stereocenters. The summed E-state index contributed by atoms with van der Waals surface area (Å²) in [5.74, 6) is -1.70. The Kier molecular flexibility index (Phi) is 5.81. The first-order chi connectivity index (χ1) is 14.5. The summed E-state index contributed by atoms with van der Waals surface area (Å²) < 4.78 is 28.3. The van der Waals surface area contributed by atoms with Gasteiger partial charge in [0.15, 0.2) is 0 Å². The van der Waals surface area contributed by atoms with E-state index in [0.29, 0.717) is 28.7 Å². The lowest BCUT2D eigenvalue weighted by molar-refractivity contribution is -0.115. The Balaban J connectivity index is 1.46. The molecule has 1 fully saturated rings. The Morgan fingerprint density at radius 3 is 2.63 bits per heavy atom. The van der Waals surface area contributed by atoms with Gasteiger partial charge in [0, 0.05) is 50.2 Å². The van der Waals surface area contributed by atoms with Crippen LogP contribution in [0.3, 0.4) is 0 Å². The van der Waals surface area contributed by atoms with E-state index in [9.17, 15) is 13.6 Å². The molecule has 30 heavy (non-hydrogen) atoms. The number of nitrogens with zero attached hydrogens (tertiary/aromatic N) is 3. The van der Waals surface area contributed by atoms with Crippen LogP contribution in [0.1, 0.15) is 31.7 Å². The molecule has 0 saturated carbocycles. The Morgan fingerprint density at radius 2 is 1.93 bits per heavy atom. The van der Waals surface area contributed by atoms with Crippen molar-refractivity contribution >= 4 is 29.2 Å². The van der Waals surface area contributed by atoms with Crippen LogP contribution < -0.4 is 10.2 Å². The molecule has 2 heterocycles. The first kappa shape index (κ1) is 20.5. The molecule has 5 nitrogen and oxygen atoms in total. The van der Waals surface area contributed by atoms with Crippen molar-refractivity contribution in [1.82, 2.24) is 4.90 Å². The molecule has 0 radical (unpaired) electrons. The number of rotatable bonds is 5. The van der Waals surface area contributed by atoms with Gasteiger partial charge in [-0.25, -0.2) is 8.78 Å². The average molecular weight is 412 g/mol. The number of hydrogen-bond acceptors (Lipinski definition) is 4. The maximum absolute atomic E-state index is 14.8. The van der Waals surface area contributed by atoms with Crippen molar-refractivity contribution in [3.8, 4) is 0 Å². The zero-order valence-corrected chi connectivity index (χ0v) is 17.2. The number of amides is 1. The number of nitrogens with one attached hydrogen (secondary N) is 1. The molecule has 0 spiro atoms. The van der Waals surface area contributed by atoms with Crippen molar-refractivity contribution in [3.63, 3.8) is 0 Å². The molecule has 2 aliphatic rings. The topological polar surface area (TPSA) is 47.9 Å². The number of fused-ring (bicyclic) bond motifs is 1. The number of carbonyl (C=O) groups excluding carboxylic acids is 1. The van der Waals surface area contributed by atoms with Crippen LogP contribution in [-0.4, -0.2) is 49.2 Å². The van der Waals surface area contributed by atoms with E-state index in [2.05, 4.69) is 34.0 Å². The third kappa shape index (κ3) is 4.07. The molecule has 1 N–H and O–H groups in total. The Labute approximate surface area is 175 Å². The molecule has 1 saturated heterocycles. The normalized spacial score (nSPS) is 20.5. The summed E-state index contributed by atoms with van der Waals surface area (Å²) >= 11 is 0. The highest BCUT2D eigenvalue weighted by Crippen LogP contribution is 2.33. The molecule has 0 aliphatic carbocycles. The van der Waals surface area contributed by atoms with Crippen LogP contribution >= 0.6 is 0 Å². The van der Waals surface area contributed by atoms with E-state index in [1.54, 1.807) is 12.1 Å². The molecule has 1 amide bonds. The van der Waals surface area contributed by atoms with E-state index in [4.69, 9.17) is 0 Å². The molecule has 2 unspecified atom stereocenters. The number of anilines is 2. The monoisotopic (exact) mass is 412 g/mol. The van der Waals surface area contributed by atoms with Crippen LogP contribution in [0.5, 0.6) is 0 Å².